The van der Waals surface area contributed by atoms with Crippen molar-refractivity contribution in [2.45, 2.75) is 25.9 Å². The predicted octanol–water partition coefficient (Wildman–Crippen LogP) is 2.32. The number of ether oxygens (including phenoxy) is 1. The zero-order chi connectivity index (χ0) is 10.1. The van der Waals surface area contributed by atoms with Gasteiger partial charge in [-0.1, -0.05) is 18.7 Å². The van der Waals surface area contributed by atoms with Gasteiger partial charge in [0.1, 0.15) is 6.10 Å². The summed E-state index contributed by atoms with van der Waals surface area (Å²) in [6.45, 7) is 5.39. The maximum atomic E-state index is 11.0. The number of hydrogen-bond acceptors (Lipinski definition) is 2. The first-order valence-corrected chi connectivity index (χ1v) is 5.22. The zero-order valence-electron chi connectivity index (χ0n) is 8.48. The molecule has 4 atom stereocenters. The lowest BCUT2D eigenvalue weighted by Gasteiger charge is -2.24. The van der Waals surface area contributed by atoms with Gasteiger partial charge in [0.25, 0.3) is 0 Å². The molecule has 0 radical (unpaired) electrons. The first-order chi connectivity index (χ1) is 6.70. The van der Waals surface area contributed by atoms with Crippen LogP contribution in [0.15, 0.2) is 24.8 Å². The largest absolute Gasteiger partial charge is 0.459 e. The van der Waals surface area contributed by atoms with E-state index in [0.29, 0.717) is 11.8 Å². The van der Waals surface area contributed by atoms with Crippen LogP contribution in [0.5, 0.6) is 0 Å². The van der Waals surface area contributed by atoms with E-state index in [1.54, 1.807) is 0 Å². The molecule has 2 nitrogen and oxygen atoms in total. The Morgan fingerprint density at radius 2 is 2.36 bits per heavy atom. The molecule has 2 aliphatic rings. The van der Waals surface area contributed by atoms with E-state index >= 15 is 0 Å². The van der Waals surface area contributed by atoms with Crippen LogP contribution < -0.4 is 0 Å². The van der Waals surface area contributed by atoms with E-state index in [-0.39, 0.29) is 12.1 Å². The molecule has 0 N–H and O–H groups in total. The Hall–Kier alpha value is -1.05. The van der Waals surface area contributed by atoms with Crippen LogP contribution in [-0.4, -0.2) is 12.1 Å². The van der Waals surface area contributed by atoms with Gasteiger partial charge in [-0.05, 0) is 31.6 Å². The summed E-state index contributed by atoms with van der Waals surface area (Å²) in [7, 11) is 0. The molecule has 0 aromatic heterocycles. The predicted molar refractivity (Wildman–Crippen MR) is 54.6 cm³/mol. The van der Waals surface area contributed by atoms with E-state index in [1.807, 2.05) is 6.92 Å². The highest BCUT2D eigenvalue weighted by atomic mass is 16.5. The van der Waals surface area contributed by atoms with Gasteiger partial charge in [0.2, 0.25) is 0 Å². The van der Waals surface area contributed by atoms with Crippen molar-refractivity contribution in [2.24, 2.45) is 17.8 Å². The van der Waals surface area contributed by atoms with Gasteiger partial charge in [-0.3, -0.25) is 0 Å². The van der Waals surface area contributed by atoms with Gasteiger partial charge in [-0.2, -0.15) is 0 Å². The van der Waals surface area contributed by atoms with Gasteiger partial charge >= 0.3 is 5.97 Å². The second kappa shape index (κ2) is 3.60. The quantitative estimate of drug-likeness (QED) is 0.389. The molecular weight excluding hydrogens is 176 g/mol. The Labute approximate surface area is 84.6 Å². The molecule has 1 saturated carbocycles. The van der Waals surface area contributed by atoms with E-state index in [4.69, 9.17) is 4.74 Å². The van der Waals surface area contributed by atoms with Gasteiger partial charge in [0, 0.05) is 12.0 Å². The molecule has 4 unspecified atom stereocenters. The van der Waals surface area contributed by atoms with E-state index in [0.717, 1.165) is 5.92 Å². The molecule has 76 valence electrons. The Morgan fingerprint density at radius 3 is 2.86 bits per heavy atom. The third-order valence-corrected chi connectivity index (χ3v) is 3.40. The smallest absolute Gasteiger partial charge is 0.330 e. The standard InChI is InChI=1S/C12H16O2/c1-3-12(13)14-8(2)11-7-9-4-5-10(11)6-9/h3-5,8-11H,1,6-7H2,2H3. The second-order valence-electron chi connectivity index (χ2n) is 4.29. The van der Waals surface area contributed by atoms with Crippen molar-refractivity contribution >= 4 is 5.97 Å². The minimum Gasteiger partial charge on any atom is -0.459 e. The summed E-state index contributed by atoms with van der Waals surface area (Å²) in [6, 6.07) is 0. The zero-order valence-corrected chi connectivity index (χ0v) is 8.48. The van der Waals surface area contributed by atoms with E-state index in [9.17, 15) is 4.79 Å². The molecule has 0 spiro atoms. The van der Waals surface area contributed by atoms with Crippen molar-refractivity contribution in [3.8, 4) is 0 Å². The lowest BCUT2D eigenvalue weighted by molar-refractivity contribution is -0.145. The number of carbonyl (C=O) groups is 1. The number of hydrogen-bond donors (Lipinski definition) is 0. The molecule has 0 aromatic rings. The van der Waals surface area contributed by atoms with E-state index in [1.165, 1.54) is 18.9 Å². The first kappa shape index (κ1) is 9.50. The lowest BCUT2D eigenvalue weighted by Crippen LogP contribution is -2.26. The summed E-state index contributed by atoms with van der Waals surface area (Å²) in [4.78, 5) is 11.0. The maximum absolute atomic E-state index is 11.0. The molecule has 2 bridgehead atoms. The Kier molecular flexibility index (Phi) is 2.44. The fourth-order valence-electron chi connectivity index (χ4n) is 2.68. The van der Waals surface area contributed by atoms with Crippen molar-refractivity contribution in [3.63, 3.8) is 0 Å². The van der Waals surface area contributed by atoms with E-state index < -0.39 is 0 Å². The van der Waals surface area contributed by atoms with Gasteiger partial charge in [-0.15, -0.1) is 0 Å². The fourth-order valence-corrected chi connectivity index (χ4v) is 2.68. The molecule has 0 heterocycles. The van der Waals surface area contributed by atoms with Crippen LogP contribution >= 0.6 is 0 Å². The van der Waals surface area contributed by atoms with Crippen LogP contribution in [0.3, 0.4) is 0 Å². The topological polar surface area (TPSA) is 26.3 Å². The Balaban J connectivity index is 1.93. The average Bonchev–Trinajstić information content (AvgIpc) is 2.78. The van der Waals surface area contributed by atoms with Crippen LogP contribution in [0.25, 0.3) is 0 Å². The van der Waals surface area contributed by atoms with Gasteiger partial charge in [-0.25, -0.2) is 4.79 Å². The number of carbonyl (C=O) groups excluding carboxylic acids is 1. The summed E-state index contributed by atoms with van der Waals surface area (Å²) in [5, 5.41) is 0. The molecule has 0 aromatic carbocycles. The van der Waals surface area contributed by atoms with Crippen LogP contribution in [0, 0.1) is 17.8 Å². The molecule has 0 amide bonds. The molecule has 2 aliphatic carbocycles. The van der Waals surface area contributed by atoms with Crippen LogP contribution in [0.2, 0.25) is 0 Å². The average molecular weight is 192 g/mol. The van der Waals surface area contributed by atoms with Gasteiger partial charge in [0.05, 0.1) is 0 Å². The first-order valence-electron chi connectivity index (χ1n) is 5.22. The Morgan fingerprint density at radius 1 is 1.57 bits per heavy atom. The van der Waals surface area contributed by atoms with Crippen LogP contribution in [-0.2, 0) is 9.53 Å². The summed E-state index contributed by atoms with van der Waals surface area (Å²) >= 11 is 0. The summed E-state index contributed by atoms with van der Waals surface area (Å²) in [6.07, 6.45) is 8.26. The van der Waals surface area contributed by atoms with Crippen molar-refractivity contribution in [3.05, 3.63) is 24.8 Å². The second-order valence-corrected chi connectivity index (χ2v) is 4.29. The molecule has 0 aliphatic heterocycles. The number of allylic oxidation sites excluding steroid dienone is 2. The molecular formula is C12H16O2. The third kappa shape index (κ3) is 1.61. The number of esters is 1. The SMILES string of the molecule is C=CC(=O)OC(C)C1CC2C=CC1C2. The third-order valence-electron chi connectivity index (χ3n) is 3.40. The molecule has 0 saturated heterocycles. The van der Waals surface area contributed by atoms with Gasteiger partial charge in [0.15, 0.2) is 0 Å². The minimum absolute atomic E-state index is 0.0282. The Bertz CT molecular complexity index is 280. The molecule has 2 heteroatoms. The van der Waals surface area contributed by atoms with Crippen molar-refractivity contribution in [2.75, 3.05) is 0 Å². The van der Waals surface area contributed by atoms with Crippen molar-refractivity contribution in [1.29, 1.82) is 0 Å². The fraction of sp³-hybridized carbons (Fsp3) is 0.583. The minimum atomic E-state index is -0.302. The summed E-state index contributed by atoms with van der Waals surface area (Å²) < 4.78 is 5.25. The summed E-state index contributed by atoms with van der Waals surface area (Å²) in [5.74, 6) is 1.58. The highest BCUT2D eigenvalue weighted by molar-refractivity contribution is 5.81. The number of rotatable bonds is 3. The normalized spacial score (nSPS) is 35.6. The van der Waals surface area contributed by atoms with Crippen molar-refractivity contribution < 1.29 is 9.53 Å². The molecule has 14 heavy (non-hydrogen) atoms. The maximum Gasteiger partial charge on any atom is 0.330 e. The van der Waals surface area contributed by atoms with Gasteiger partial charge < -0.3 is 4.74 Å². The molecule has 2 rings (SSSR count). The monoisotopic (exact) mass is 192 g/mol. The summed E-state index contributed by atoms with van der Waals surface area (Å²) in [5.41, 5.74) is 0. The lowest BCUT2D eigenvalue weighted by atomic mass is 9.89. The molecule has 1 fully saturated rings. The highest BCUT2D eigenvalue weighted by Gasteiger charge is 2.39. The van der Waals surface area contributed by atoms with Crippen LogP contribution in [0.4, 0.5) is 0 Å². The highest BCUT2D eigenvalue weighted by Crippen LogP contribution is 2.45. The van der Waals surface area contributed by atoms with E-state index in [2.05, 4.69) is 18.7 Å². The van der Waals surface area contributed by atoms with Crippen molar-refractivity contribution in [1.82, 2.24) is 0 Å². The van der Waals surface area contributed by atoms with Crippen LogP contribution in [0.1, 0.15) is 19.8 Å². The number of fused-ring (bicyclic) bond motifs is 2.